The summed E-state index contributed by atoms with van der Waals surface area (Å²) in [6.07, 6.45) is 1.20. The van der Waals surface area contributed by atoms with Gasteiger partial charge in [0.1, 0.15) is 0 Å². The Balaban J connectivity index is 0.000000360. The van der Waals surface area contributed by atoms with Crippen LogP contribution in [0.15, 0.2) is 60.7 Å². The maximum Gasteiger partial charge on any atom is 0.251 e. The van der Waals surface area contributed by atoms with E-state index < -0.39 is 0 Å². The number of hydrogen-bond donors (Lipinski definition) is 1. The third kappa shape index (κ3) is 8.96. The van der Waals surface area contributed by atoms with Gasteiger partial charge in [-0.2, -0.15) is 0 Å². The zero-order valence-electron chi connectivity index (χ0n) is 14.5. The van der Waals surface area contributed by atoms with Crippen LogP contribution in [0.4, 0.5) is 0 Å². The summed E-state index contributed by atoms with van der Waals surface area (Å²) >= 11 is 0. The number of nitrogens with one attached hydrogen (secondary N) is 1. The van der Waals surface area contributed by atoms with E-state index in [1.54, 1.807) is 19.2 Å². The van der Waals surface area contributed by atoms with E-state index in [2.05, 4.69) is 49.5 Å². The Hall–Kier alpha value is -2.09. The standard InChI is InChI=1S/C10H14.C8H9NO.C2H6/c1-9(2)8-10-6-4-3-5-7-10;1-9-8(10)7-5-3-2-4-6-7;1-2/h3-7,9H,8H2,1-2H3;2-6H,1H3,(H,9,10);1-2H3. The Bertz CT molecular complexity index is 492. The molecule has 2 aromatic rings. The van der Waals surface area contributed by atoms with Gasteiger partial charge in [-0.15, -0.1) is 0 Å². The molecule has 0 atom stereocenters. The Morgan fingerprint density at radius 2 is 1.36 bits per heavy atom. The Labute approximate surface area is 135 Å². The number of benzene rings is 2. The number of hydrogen-bond acceptors (Lipinski definition) is 1. The molecule has 0 saturated heterocycles. The van der Waals surface area contributed by atoms with Crippen LogP contribution in [0, 0.1) is 5.92 Å². The van der Waals surface area contributed by atoms with Gasteiger partial charge in [0.25, 0.3) is 5.91 Å². The number of rotatable bonds is 3. The molecule has 0 aliphatic heterocycles. The molecule has 0 aromatic heterocycles. The average molecular weight is 299 g/mol. The lowest BCUT2D eigenvalue weighted by Crippen LogP contribution is -2.17. The third-order valence-electron chi connectivity index (χ3n) is 2.75. The molecule has 0 unspecified atom stereocenters. The first kappa shape index (κ1) is 19.9. The summed E-state index contributed by atoms with van der Waals surface area (Å²) in [7, 11) is 1.62. The summed E-state index contributed by atoms with van der Waals surface area (Å²) in [6.45, 7) is 8.49. The number of carbonyl (C=O) groups excluding carboxylic acids is 1. The molecule has 120 valence electrons. The number of amides is 1. The molecular formula is C20H29NO. The summed E-state index contributed by atoms with van der Waals surface area (Å²) in [6, 6.07) is 19.7. The molecule has 0 bridgehead atoms. The van der Waals surface area contributed by atoms with Crippen LogP contribution in [0.3, 0.4) is 0 Å². The van der Waals surface area contributed by atoms with Crippen molar-refractivity contribution in [2.75, 3.05) is 7.05 Å². The molecule has 0 radical (unpaired) electrons. The molecular weight excluding hydrogens is 270 g/mol. The van der Waals surface area contributed by atoms with Crippen molar-refractivity contribution in [3.05, 3.63) is 71.8 Å². The molecule has 1 N–H and O–H groups in total. The predicted octanol–water partition coefficient (Wildman–Crippen LogP) is 4.96. The topological polar surface area (TPSA) is 29.1 Å². The Morgan fingerprint density at radius 3 is 1.77 bits per heavy atom. The monoisotopic (exact) mass is 299 g/mol. The fourth-order valence-corrected chi connectivity index (χ4v) is 1.82. The van der Waals surface area contributed by atoms with E-state index in [-0.39, 0.29) is 5.91 Å². The fraction of sp³-hybridized carbons (Fsp3) is 0.350. The van der Waals surface area contributed by atoms with Gasteiger partial charge in [-0.1, -0.05) is 76.2 Å². The van der Waals surface area contributed by atoms with Crippen LogP contribution in [0.5, 0.6) is 0 Å². The van der Waals surface area contributed by atoms with Crippen molar-refractivity contribution >= 4 is 5.91 Å². The van der Waals surface area contributed by atoms with Crippen LogP contribution >= 0.6 is 0 Å². The van der Waals surface area contributed by atoms with E-state index in [0.717, 1.165) is 5.92 Å². The molecule has 0 aliphatic rings. The first-order valence-corrected chi connectivity index (χ1v) is 7.94. The first-order chi connectivity index (χ1) is 10.6. The summed E-state index contributed by atoms with van der Waals surface area (Å²) in [5.74, 6) is 0.725. The lowest BCUT2D eigenvalue weighted by atomic mass is 10.0. The molecule has 0 aliphatic carbocycles. The molecule has 2 nitrogen and oxygen atoms in total. The second kappa shape index (κ2) is 12.6. The summed E-state index contributed by atoms with van der Waals surface area (Å²) < 4.78 is 0. The van der Waals surface area contributed by atoms with Gasteiger partial charge in [-0.25, -0.2) is 0 Å². The lowest BCUT2D eigenvalue weighted by Gasteiger charge is -2.02. The zero-order valence-corrected chi connectivity index (χ0v) is 14.5. The van der Waals surface area contributed by atoms with Crippen molar-refractivity contribution in [2.45, 2.75) is 34.1 Å². The van der Waals surface area contributed by atoms with Crippen LogP contribution in [-0.2, 0) is 6.42 Å². The van der Waals surface area contributed by atoms with Gasteiger partial charge in [0.2, 0.25) is 0 Å². The van der Waals surface area contributed by atoms with Crippen molar-refractivity contribution in [1.82, 2.24) is 5.32 Å². The molecule has 22 heavy (non-hydrogen) atoms. The van der Waals surface area contributed by atoms with Gasteiger partial charge in [-0.3, -0.25) is 4.79 Å². The molecule has 2 heteroatoms. The highest BCUT2D eigenvalue weighted by Crippen LogP contribution is 2.06. The minimum Gasteiger partial charge on any atom is -0.355 e. The quantitative estimate of drug-likeness (QED) is 0.853. The van der Waals surface area contributed by atoms with Crippen LogP contribution < -0.4 is 5.32 Å². The van der Waals surface area contributed by atoms with Crippen LogP contribution in [0.1, 0.15) is 43.6 Å². The first-order valence-electron chi connectivity index (χ1n) is 7.94. The molecule has 0 saturated carbocycles. The van der Waals surface area contributed by atoms with Crippen molar-refractivity contribution in [2.24, 2.45) is 5.92 Å². The molecule has 1 amide bonds. The Morgan fingerprint density at radius 1 is 0.909 bits per heavy atom. The van der Waals surface area contributed by atoms with Gasteiger partial charge in [-0.05, 0) is 30.0 Å². The van der Waals surface area contributed by atoms with Gasteiger partial charge >= 0.3 is 0 Å². The molecule has 2 rings (SSSR count). The van der Waals surface area contributed by atoms with Crippen molar-refractivity contribution in [1.29, 1.82) is 0 Å². The third-order valence-corrected chi connectivity index (χ3v) is 2.75. The predicted molar refractivity (Wildman–Crippen MR) is 96.2 cm³/mol. The van der Waals surface area contributed by atoms with Crippen LogP contribution in [-0.4, -0.2) is 13.0 Å². The zero-order chi connectivity index (χ0) is 16.8. The van der Waals surface area contributed by atoms with Crippen LogP contribution in [0.25, 0.3) is 0 Å². The van der Waals surface area contributed by atoms with Crippen molar-refractivity contribution in [3.63, 3.8) is 0 Å². The van der Waals surface area contributed by atoms with Gasteiger partial charge in [0.05, 0.1) is 0 Å². The number of carbonyl (C=O) groups is 1. The average Bonchev–Trinajstić information content (AvgIpc) is 2.58. The highest BCUT2D eigenvalue weighted by molar-refractivity contribution is 5.93. The molecule has 0 fully saturated rings. The highest BCUT2D eigenvalue weighted by Gasteiger charge is 1.98. The largest absolute Gasteiger partial charge is 0.355 e. The molecule has 0 spiro atoms. The van der Waals surface area contributed by atoms with E-state index in [0.29, 0.717) is 5.56 Å². The second-order valence-electron chi connectivity index (χ2n) is 5.03. The van der Waals surface area contributed by atoms with Crippen molar-refractivity contribution < 1.29 is 4.79 Å². The van der Waals surface area contributed by atoms with E-state index in [1.165, 1.54) is 12.0 Å². The minimum atomic E-state index is -0.0411. The Kier molecular flexibility index (Phi) is 11.4. The van der Waals surface area contributed by atoms with Crippen molar-refractivity contribution in [3.8, 4) is 0 Å². The summed E-state index contributed by atoms with van der Waals surface area (Å²) in [5.41, 5.74) is 2.14. The highest BCUT2D eigenvalue weighted by atomic mass is 16.1. The lowest BCUT2D eigenvalue weighted by molar-refractivity contribution is 0.0963. The molecule has 0 heterocycles. The normalized spacial score (nSPS) is 9.00. The van der Waals surface area contributed by atoms with Gasteiger partial charge in [0.15, 0.2) is 0 Å². The van der Waals surface area contributed by atoms with E-state index >= 15 is 0 Å². The fourth-order valence-electron chi connectivity index (χ4n) is 1.82. The van der Waals surface area contributed by atoms with E-state index in [4.69, 9.17) is 0 Å². The maximum absolute atomic E-state index is 10.9. The van der Waals surface area contributed by atoms with Gasteiger partial charge < -0.3 is 5.32 Å². The van der Waals surface area contributed by atoms with E-state index in [9.17, 15) is 4.79 Å². The maximum atomic E-state index is 10.9. The molecule has 2 aromatic carbocycles. The summed E-state index contributed by atoms with van der Waals surface area (Å²) in [4.78, 5) is 10.9. The van der Waals surface area contributed by atoms with E-state index in [1.807, 2.05) is 32.0 Å². The van der Waals surface area contributed by atoms with Crippen LogP contribution in [0.2, 0.25) is 0 Å². The smallest absolute Gasteiger partial charge is 0.251 e. The summed E-state index contributed by atoms with van der Waals surface area (Å²) in [5, 5.41) is 2.54. The SMILES string of the molecule is CC.CC(C)Cc1ccccc1.CNC(=O)c1ccccc1. The van der Waals surface area contributed by atoms with Gasteiger partial charge in [0, 0.05) is 12.6 Å². The minimum absolute atomic E-state index is 0.0411. The second-order valence-corrected chi connectivity index (χ2v) is 5.03.